The van der Waals surface area contributed by atoms with Gasteiger partial charge in [-0.25, -0.2) is 0 Å². The lowest BCUT2D eigenvalue weighted by molar-refractivity contribution is 0.669. The summed E-state index contributed by atoms with van der Waals surface area (Å²) in [5.74, 6) is -0.0171. The Labute approximate surface area is 86.6 Å². The van der Waals surface area contributed by atoms with Gasteiger partial charge in [0.2, 0.25) is 0 Å². The van der Waals surface area contributed by atoms with Crippen LogP contribution in [0.25, 0.3) is 0 Å². The summed E-state index contributed by atoms with van der Waals surface area (Å²) >= 11 is 1.61. The van der Waals surface area contributed by atoms with Crippen LogP contribution in [0.3, 0.4) is 0 Å². The van der Waals surface area contributed by atoms with Gasteiger partial charge in [0, 0.05) is 13.6 Å². The van der Waals surface area contributed by atoms with Gasteiger partial charge in [-0.3, -0.25) is 15.7 Å². The Kier molecular flexibility index (Phi) is 3.47. The molecular weight excluding hydrogens is 198 g/mol. The van der Waals surface area contributed by atoms with E-state index in [0.717, 1.165) is 5.56 Å². The largest absolute Gasteiger partial charge is 0.370 e. The number of guanidine groups is 2. The van der Waals surface area contributed by atoms with Crippen molar-refractivity contribution in [2.45, 2.75) is 6.54 Å². The minimum absolute atomic E-state index is 0.128. The van der Waals surface area contributed by atoms with Crippen LogP contribution in [0.1, 0.15) is 5.56 Å². The summed E-state index contributed by atoms with van der Waals surface area (Å²) in [6, 6.07) is 1.98. The van der Waals surface area contributed by atoms with Crippen LogP contribution in [0, 0.1) is 10.8 Å². The molecule has 0 saturated carbocycles. The molecule has 0 spiro atoms. The maximum absolute atomic E-state index is 7.52. The van der Waals surface area contributed by atoms with Crippen molar-refractivity contribution in [2.24, 2.45) is 5.73 Å². The number of rotatable bonds is 2. The first kappa shape index (κ1) is 10.5. The number of thiophene rings is 1. The zero-order valence-corrected chi connectivity index (χ0v) is 8.69. The lowest BCUT2D eigenvalue weighted by Gasteiger charge is -2.18. The molecule has 1 heterocycles. The van der Waals surface area contributed by atoms with Gasteiger partial charge in [-0.2, -0.15) is 11.3 Å². The molecule has 0 aliphatic heterocycles. The number of hydrogen-bond donors (Lipinski definition) is 4. The van der Waals surface area contributed by atoms with Crippen molar-refractivity contribution in [2.75, 3.05) is 7.05 Å². The summed E-state index contributed by atoms with van der Waals surface area (Å²) in [6.07, 6.45) is 0. The van der Waals surface area contributed by atoms with Gasteiger partial charge in [0.1, 0.15) is 0 Å². The molecule has 1 aromatic heterocycles. The zero-order valence-electron chi connectivity index (χ0n) is 7.87. The topological polar surface area (TPSA) is 89.0 Å². The van der Waals surface area contributed by atoms with Gasteiger partial charge < -0.3 is 11.1 Å². The van der Waals surface area contributed by atoms with Crippen molar-refractivity contribution in [1.82, 2.24) is 10.2 Å². The first-order valence-corrected chi connectivity index (χ1v) is 4.97. The van der Waals surface area contributed by atoms with E-state index >= 15 is 0 Å². The quantitative estimate of drug-likeness (QED) is 0.426. The molecule has 0 atom stereocenters. The summed E-state index contributed by atoms with van der Waals surface area (Å²) < 4.78 is 0. The lowest BCUT2D eigenvalue weighted by atomic mass is 10.3. The molecule has 5 nitrogen and oxygen atoms in total. The van der Waals surface area contributed by atoms with Crippen LogP contribution in [-0.2, 0) is 6.54 Å². The third kappa shape index (κ3) is 2.74. The maximum atomic E-state index is 7.52. The molecule has 0 bridgehead atoms. The van der Waals surface area contributed by atoms with Crippen molar-refractivity contribution < 1.29 is 0 Å². The molecule has 0 fully saturated rings. The van der Waals surface area contributed by atoms with Crippen LogP contribution >= 0.6 is 11.3 Å². The second kappa shape index (κ2) is 4.61. The van der Waals surface area contributed by atoms with Gasteiger partial charge in [-0.15, -0.1) is 0 Å². The van der Waals surface area contributed by atoms with E-state index in [1.54, 1.807) is 18.4 Å². The van der Waals surface area contributed by atoms with Gasteiger partial charge >= 0.3 is 0 Å². The van der Waals surface area contributed by atoms with E-state index in [-0.39, 0.29) is 11.9 Å². The summed E-state index contributed by atoms with van der Waals surface area (Å²) in [5.41, 5.74) is 6.34. The second-order valence-corrected chi connectivity index (χ2v) is 3.56. The third-order valence-electron chi connectivity index (χ3n) is 1.74. The Morgan fingerprint density at radius 2 is 2.36 bits per heavy atom. The van der Waals surface area contributed by atoms with Crippen molar-refractivity contribution in [3.8, 4) is 0 Å². The SMILES string of the molecule is CN(C(=N)N)C(=N)NCc1ccsc1. The van der Waals surface area contributed by atoms with Crippen molar-refractivity contribution in [3.05, 3.63) is 22.4 Å². The highest BCUT2D eigenvalue weighted by molar-refractivity contribution is 7.07. The second-order valence-electron chi connectivity index (χ2n) is 2.78. The highest BCUT2D eigenvalue weighted by Crippen LogP contribution is 2.04. The highest BCUT2D eigenvalue weighted by atomic mass is 32.1. The predicted molar refractivity (Wildman–Crippen MR) is 58.6 cm³/mol. The number of nitrogens with one attached hydrogen (secondary N) is 3. The van der Waals surface area contributed by atoms with E-state index < -0.39 is 0 Å². The van der Waals surface area contributed by atoms with Crippen LogP contribution in [0.5, 0.6) is 0 Å². The third-order valence-corrected chi connectivity index (χ3v) is 2.47. The molecule has 0 aromatic carbocycles. The molecule has 6 heteroatoms. The monoisotopic (exact) mass is 211 g/mol. The molecule has 5 N–H and O–H groups in total. The van der Waals surface area contributed by atoms with E-state index in [1.807, 2.05) is 16.8 Å². The van der Waals surface area contributed by atoms with Gasteiger partial charge in [-0.1, -0.05) is 0 Å². The minimum Gasteiger partial charge on any atom is -0.370 e. The van der Waals surface area contributed by atoms with Crippen LogP contribution in [0.4, 0.5) is 0 Å². The molecule has 76 valence electrons. The number of hydrogen-bond acceptors (Lipinski definition) is 3. The molecule has 0 aliphatic rings. The Morgan fingerprint density at radius 3 is 2.86 bits per heavy atom. The summed E-state index contributed by atoms with van der Waals surface area (Å²) in [6.45, 7) is 0.583. The van der Waals surface area contributed by atoms with Crippen molar-refractivity contribution in [1.29, 1.82) is 10.8 Å². The van der Waals surface area contributed by atoms with Crippen LogP contribution < -0.4 is 11.1 Å². The van der Waals surface area contributed by atoms with Gasteiger partial charge in [0.05, 0.1) is 0 Å². The van der Waals surface area contributed by atoms with Crippen LogP contribution in [0.15, 0.2) is 16.8 Å². The predicted octanol–water partition coefficient (Wildman–Crippen LogP) is 0.598. The average Bonchev–Trinajstić information content (AvgIpc) is 2.65. The summed E-state index contributed by atoms with van der Waals surface area (Å²) in [4.78, 5) is 1.27. The standard InChI is InChI=1S/C8H13N5S/c1-13(7(9)10)8(11)12-4-6-2-3-14-5-6/h2-3,5H,4H2,1H3,(H3,9,10)(H2,11,12). The Balaban J connectivity index is 2.39. The van der Waals surface area contributed by atoms with E-state index in [1.165, 1.54) is 4.90 Å². The summed E-state index contributed by atoms with van der Waals surface area (Å²) in [7, 11) is 1.57. The summed E-state index contributed by atoms with van der Waals surface area (Å²) in [5, 5.41) is 21.5. The number of nitrogens with two attached hydrogens (primary N) is 1. The molecular formula is C8H13N5S. The first-order chi connectivity index (χ1) is 6.61. The zero-order chi connectivity index (χ0) is 10.6. The van der Waals surface area contributed by atoms with Gasteiger partial charge in [0.15, 0.2) is 11.9 Å². The number of nitrogens with zero attached hydrogens (tertiary/aromatic N) is 1. The fraction of sp³-hybridized carbons (Fsp3) is 0.250. The van der Waals surface area contributed by atoms with E-state index in [0.29, 0.717) is 6.54 Å². The molecule has 14 heavy (non-hydrogen) atoms. The fourth-order valence-corrected chi connectivity index (χ4v) is 1.49. The van der Waals surface area contributed by atoms with E-state index in [4.69, 9.17) is 16.6 Å². The molecule has 0 radical (unpaired) electrons. The maximum Gasteiger partial charge on any atom is 0.197 e. The minimum atomic E-state index is -0.146. The molecule has 0 amide bonds. The Morgan fingerprint density at radius 1 is 1.64 bits per heavy atom. The van der Waals surface area contributed by atoms with Crippen molar-refractivity contribution in [3.63, 3.8) is 0 Å². The van der Waals surface area contributed by atoms with Gasteiger partial charge in [0.25, 0.3) is 0 Å². The highest BCUT2D eigenvalue weighted by Gasteiger charge is 2.05. The molecule has 0 saturated heterocycles. The Hall–Kier alpha value is -1.56. The van der Waals surface area contributed by atoms with Gasteiger partial charge in [-0.05, 0) is 22.4 Å². The molecule has 0 unspecified atom stereocenters. The van der Waals surface area contributed by atoms with Crippen molar-refractivity contribution >= 4 is 23.3 Å². The van der Waals surface area contributed by atoms with Crippen LogP contribution in [-0.4, -0.2) is 23.9 Å². The smallest absolute Gasteiger partial charge is 0.197 e. The molecule has 1 aromatic rings. The van der Waals surface area contributed by atoms with E-state index in [2.05, 4.69) is 5.32 Å². The normalized spacial score (nSPS) is 9.50. The average molecular weight is 211 g/mol. The van der Waals surface area contributed by atoms with Crippen LogP contribution in [0.2, 0.25) is 0 Å². The Bertz CT molecular complexity index is 318. The first-order valence-electron chi connectivity index (χ1n) is 4.02. The fourth-order valence-electron chi connectivity index (χ4n) is 0.818. The van der Waals surface area contributed by atoms with E-state index in [9.17, 15) is 0 Å². The molecule has 1 rings (SSSR count). The molecule has 0 aliphatic carbocycles. The lowest BCUT2D eigenvalue weighted by Crippen LogP contribution is -2.44.